The molecule has 2 amide bonds. The molecule has 0 atom stereocenters. The number of amides is 2. The van der Waals surface area contributed by atoms with E-state index in [4.69, 9.17) is 0 Å². The lowest BCUT2D eigenvalue weighted by Gasteiger charge is -2.09. The lowest BCUT2D eigenvalue weighted by atomic mass is 10.1. The fourth-order valence-electron chi connectivity index (χ4n) is 2.67. The van der Waals surface area contributed by atoms with Crippen LogP contribution in [-0.2, 0) is 4.79 Å². The average molecular weight is 415 g/mol. The monoisotopic (exact) mass is 415 g/mol. The van der Waals surface area contributed by atoms with Crippen LogP contribution in [-0.4, -0.2) is 28.8 Å². The number of nitrogens with zero attached hydrogens (tertiary/aromatic N) is 1. The number of phenols is 1. The van der Waals surface area contributed by atoms with E-state index in [-0.39, 0.29) is 17.0 Å². The summed E-state index contributed by atoms with van der Waals surface area (Å²) in [6.07, 6.45) is -4.98. The fraction of sp³-hybridized carbons (Fsp3) is 0.0952. The van der Waals surface area contributed by atoms with Gasteiger partial charge in [-0.05, 0) is 47.5 Å². The minimum atomic E-state index is -4.98. The molecule has 0 aliphatic rings. The Morgan fingerprint density at radius 2 is 1.57 bits per heavy atom. The number of alkyl halides is 3. The molecular weight excluding hydrogens is 399 g/mol. The van der Waals surface area contributed by atoms with Crippen molar-refractivity contribution in [2.75, 3.05) is 5.32 Å². The first kappa shape index (κ1) is 20.8. The van der Waals surface area contributed by atoms with Crippen molar-refractivity contribution in [3.8, 4) is 5.75 Å². The number of benzene rings is 3. The van der Waals surface area contributed by atoms with Gasteiger partial charge in [0.15, 0.2) is 0 Å². The Labute approximate surface area is 169 Å². The summed E-state index contributed by atoms with van der Waals surface area (Å²) < 4.78 is 36.9. The Kier molecular flexibility index (Phi) is 5.72. The summed E-state index contributed by atoms with van der Waals surface area (Å²) in [7, 11) is 0. The molecule has 0 aliphatic heterocycles. The van der Waals surface area contributed by atoms with Crippen LogP contribution >= 0.6 is 0 Å². The molecule has 0 aromatic heterocycles. The fourth-order valence-corrected chi connectivity index (χ4v) is 2.67. The van der Waals surface area contributed by atoms with Crippen molar-refractivity contribution in [2.24, 2.45) is 5.10 Å². The zero-order valence-electron chi connectivity index (χ0n) is 15.6. The lowest BCUT2D eigenvalue weighted by molar-refractivity contribution is -0.167. The number of carbonyl (C=O) groups is 2. The highest BCUT2D eigenvalue weighted by molar-refractivity contribution is 6.04. The van der Waals surface area contributed by atoms with E-state index in [2.05, 4.69) is 10.5 Å². The zero-order chi connectivity index (χ0) is 21.9. The molecule has 0 aliphatic carbocycles. The molecular formula is C21H16F3N3O3. The van der Waals surface area contributed by atoms with Crippen LogP contribution in [0.25, 0.3) is 10.8 Å². The van der Waals surface area contributed by atoms with Gasteiger partial charge in [0.1, 0.15) is 5.75 Å². The third kappa shape index (κ3) is 4.75. The van der Waals surface area contributed by atoms with Crippen molar-refractivity contribution in [1.29, 1.82) is 0 Å². The van der Waals surface area contributed by atoms with Crippen molar-refractivity contribution < 1.29 is 27.9 Å². The first-order chi connectivity index (χ1) is 14.1. The van der Waals surface area contributed by atoms with Crippen LogP contribution in [0.3, 0.4) is 0 Å². The second-order valence-electron chi connectivity index (χ2n) is 6.38. The maximum atomic E-state index is 12.4. The number of hydrogen-bond donors (Lipinski definition) is 3. The smallest absolute Gasteiger partial charge is 0.471 e. The summed E-state index contributed by atoms with van der Waals surface area (Å²) in [5.41, 5.74) is 3.25. The second-order valence-corrected chi connectivity index (χ2v) is 6.38. The minimum absolute atomic E-state index is 0.0287. The van der Waals surface area contributed by atoms with Crippen molar-refractivity contribution in [3.05, 3.63) is 71.8 Å². The number of phenolic OH excluding ortho intramolecular Hbond substituents is 1. The average Bonchev–Trinajstić information content (AvgIpc) is 2.71. The van der Waals surface area contributed by atoms with Gasteiger partial charge in [-0.1, -0.05) is 36.4 Å². The van der Waals surface area contributed by atoms with Gasteiger partial charge in [-0.2, -0.15) is 18.3 Å². The van der Waals surface area contributed by atoms with E-state index in [0.717, 1.165) is 10.8 Å². The molecule has 0 fully saturated rings. The first-order valence-electron chi connectivity index (χ1n) is 8.70. The Balaban J connectivity index is 1.71. The van der Waals surface area contributed by atoms with E-state index in [1.165, 1.54) is 30.3 Å². The molecule has 3 N–H and O–H groups in total. The van der Waals surface area contributed by atoms with Crippen LogP contribution in [0.15, 0.2) is 65.8 Å². The van der Waals surface area contributed by atoms with Gasteiger partial charge < -0.3 is 10.4 Å². The van der Waals surface area contributed by atoms with Gasteiger partial charge in [0.2, 0.25) is 0 Å². The van der Waals surface area contributed by atoms with E-state index >= 15 is 0 Å². The molecule has 0 spiro atoms. The topological polar surface area (TPSA) is 90.8 Å². The highest BCUT2D eigenvalue weighted by Gasteiger charge is 2.38. The quantitative estimate of drug-likeness (QED) is 0.441. The maximum absolute atomic E-state index is 12.4. The van der Waals surface area contributed by atoms with E-state index in [0.29, 0.717) is 11.3 Å². The van der Waals surface area contributed by atoms with Crippen LogP contribution in [0.2, 0.25) is 0 Å². The predicted octanol–water partition coefficient (Wildman–Crippen LogP) is 4.20. The predicted molar refractivity (Wildman–Crippen MR) is 106 cm³/mol. The Morgan fingerprint density at radius 3 is 2.17 bits per heavy atom. The molecule has 3 rings (SSSR count). The zero-order valence-corrected chi connectivity index (χ0v) is 15.6. The third-order valence-electron chi connectivity index (χ3n) is 4.25. The number of rotatable bonds is 4. The van der Waals surface area contributed by atoms with Crippen molar-refractivity contribution in [1.82, 2.24) is 5.43 Å². The Bertz CT molecular complexity index is 1140. The number of fused-ring (bicyclic) bond motifs is 1. The number of nitrogens with one attached hydrogen (secondary N) is 2. The first-order valence-corrected chi connectivity index (χ1v) is 8.70. The summed E-state index contributed by atoms with van der Waals surface area (Å²) in [6, 6.07) is 15.7. The highest BCUT2D eigenvalue weighted by atomic mass is 19.4. The molecule has 0 radical (unpaired) electrons. The summed E-state index contributed by atoms with van der Waals surface area (Å²) in [5, 5.41) is 17.4. The molecule has 0 saturated heterocycles. The molecule has 154 valence electrons. The number of halogens is 3. The second kappa shape index (κ2) is 8.24. The van der Waals surface area contributed by atoms with Crippen LogP contribution in [0.4, 0.5) is 18.9 Å². The number of hydrogen-bond acceptors (Lipinski definition) is 4. The van der Waals surface area contributed by atoms with Crippen molar-refractivity contribution >= 4 is 34.0 Å². The molecule has 0 heterocycles. The maximum Gasteiger partial charge on any atom is 0.471 e. The standard InChI is InChI=1S/C21H16F3N3O3/c1-12(13-6-8-16(9-7-13)25-20(30)21(22,23)24)26-27-19(29)17-10-14-4-2-3-5-15(14)11-18(17)28/h2-11,28H,1H3,(H,25,30)(H,27,29)/b26-12+. The van der Waals surface area contributed by atoms with Crippen LogP contribution < -0.4 is 10.7 Å². The third-order valence-corrected chi connectivity index (χ3v) is 4.25. The van der Waals surface area contributed by atoms with Gasteiger partial charge >= 0.3 is 12.1 Å². The van der Waals surface area contributed by atoms with Crippen LogP contribution in [0.1, 0.15) is 22.8 Å². The minimum Gasteiger partial charge on any atom is -0.507 e. The largest absolute Gasteiger partial charge is 0.507 e. The molecule has 0 saturated carbocycles. The summed E-state index contributed by atoms with van der Waals surface area (Å²) in [4.78, 5) is 23.3. The van der Waals surface area contributed by atoms with Gasteiger partial charge in [-0.3, -0.25) is 9.59 Å². The van der Waals surface area contributed by atoms with E-state index in [9.17, 15) is 27.9 Å². The van der Waals surface area contributed by atoms with E-state index in [1.54, 1.807) is 30.4 Å². The van der Waals surface area contributed by atoms with Gasteiger partial charge in [0, 0.05) is 5.69 Å². The Morgan fingerprint density at radius 1 is 0.967 bits per heavy atom. The molecule has 0 bridgehead atoms. The number of hydrazone groups is 1. The van der Waals surface area contributed by atoms with E-state index in [1.807, 2.05) is 12.1 Å². The summed E-state index contributed by atoms with van der Waals surface area (Å²) in [5.74, 6) is -2.88. The van der Waals surface area contributed by atoms with Crippen LogP contribution in [0, 0.1) is 0 Å². The van der Waals surface area contributed by atoms with Gasteiger partial charge in [-0.15, -0.1) is 0 Å². The van der Waals surface area contributed by atoms with Gasteiger partial charge in [0.25, 0.3) is 5.91 Å². The van der Waals surface area contributed by atoms with Crippen molar-refractivity contribution in [3.63, 3.8) is 0 Å². The molecule has 9 heteroatoms. The lowest BCUT2D eigenvalue weighted by Crippen LogP contribution is -2.29. The number of carbonyl (C=O) groups excluding carboxylic acids is 2. The molecule has 3 aromatic carbocycles. The molecule has 0 unspecified atom stereocenters. The molecule has 30 heavy (non-hydrogen) atoms. The number of aromatic hydroxyl groups is 1. The highest BCUT2D eigenvalue weighted by Crippen LogP contribution is 2.25. The van der Waals surface area contributed by atoms with Gasteiger partial charge in [0.05, 0.1) is 11.3 Å². The molecule has 6 nitrogen and oxygen atoms in total. The number of anilines is 1. The van der Waals surface area contributed by atoms with Gasteiger partial charge in [-0.25, -0.2) is 5.43 Å². The summed E-state index contributed by atoms with van der Waals surface area (Å²) in [6.45, 7) is 1.59. The van der Waals surface area contributed by atoms with Crippen molar-refractivity contribution in [2.45, 2.75) is 13.1 Å². The normalized spacial score (nSPS) is 11.9. The molecule has 3 aromatic rings. The summed E-state index contributed by atoms with van der Waals surface area (Å²) >= 11 is 0. The SMILES string of the molecule is C/C(=N\NC(=O)c1cc2ccccc2cc1O)c1ccc(NC(=O)C(F)(F)F)cc1. The Hall–Kier alpha value is -3.88. The van der Waals surface area contributed by atoms with E-state index < -0.39 is 18.0 Å². The van der Waals surface area contributed by atoms with Crippen LogP contribution in [0.5, 0.6) is 5.75 Å².